The smallest absolute Gasteiger partial charge is 0.227 e. The van der Waals surface area contributed by atoms with Crippen LogP contribution >= 0.6 is 15.9 Å². The fourth-order valence-electron chi connectivity index (χ4n) is 2.75. The summed E-state index contributed by atoms with van der Waals surface area (Å²) in [5.41, 5.74) is 1.09. The Hall–Kier alpha value is -0.870. The van der Waals surface area contributed by atoms with Crippen LogP contribution in [0.25, 0.3) is 0 Å². The molecule has 110 valence electrons. The van der Waals surface area contributed by atoms with Gasteiger partial charge >= 0.3 is 0 Å². The fourth-order valence-corrected chi connectivity index (χ4v) is 3.01. The summed E-state index contributed by atoms with van der Waals surface area (Å²) in [6, 6.07) is 8.46. The number of piperidine rings is 1. The van der Waals surface area contributed by atoms with Crippen LogP contribution in [0.3, 0.4) is 0 Å². The first kappa shape index (κ1) is 15.5. The predicted octanol–water partition coefficient (Wildman–Crippen LogP) is 2.98. The predicted molar refractivity (Wildman–Crippen MR) is 85.7 cm³/mol. The summed E-state index contributed by atoms with van der Waals surface area (Å²) >= 11 is 3.43. The van der Waals surface area contributed by atoms with Gasteiger partial charge in [-0.25, -0.2) is 0 Å². The molecule has 0 atom stereocenters. The maximum atomic E-state index is 12.6. The Kier molecular flexibility index (Phi) is 6.05. The third-order valence-electron chi connectivity index (χ3n) is 3.80. The molecule has 1 N–H and O–H groups in total. The van der Waals surface area contributed by atoms with Gasteiger partial charge in [0.2, 0.25) is 5.91 Å². The van der Waals surface area contributed by atoms with Crippen molar-refractivity contribution < 1.29 is 4.79 Å². The van der Waals surface area contributed by atoms with E-state index < -0.39 is 0 Å². The van der Waals surface area contributed by atoms with Crippen LogP contribution < -0.4 is 5.32 Å². The second kappa shape index (κ2) is 7.79. The maximum Gasteiger partial charge on any atom is 0.227 e. The van der Waals surface area contributed by atoms with Gasteiger partial charge in [0.25, 0.3) is 0 Å². The SMILES string of the molecule is CCCN(C(=O)Cc1ccc(Br)cc1)C1CCNCC1. The van der Waals surface area contributed by atoms with E-state index in [1.165, 1.54) is 0 Å². The third kappa shape index (κ3) is 4.32. The average Bonchev–Trinajstić information content (AvgIpc) is 2.48. The van der Waals surface area contributed by atoms with Gasteiger partial charge in [-0.2, -0.15) is 0 Å². The zero-order valence-electron chi connectivity index (χ0n) is 12.1. The molecule has 4 heteroatoms. The Morgan fingerprint density at radius 3 is 2.55 bits per heavy atom. The van der Waals surface area contributed by atoms with Crippen LogP contribution in [0, 0.1) is 0 Å². The molecule has 1 aromatic carbocycles. The van der Waals surface area contributed by atoms with Crippen LogP contribution in [0.1, 0.15) is 31.7 Å². The molecule has 1 heterocycles. The third-order valence-corrected chi connectivity index (χ3v) is 4.33. The molecule has 0 bridgehead atoms. The summed E-state index contributed by atoms with van der Waals surface area (Å²) in [6.07, 6.45) is 3.69. The van der Waals surface area contributed by atoms with Crippen molar-refractivity contribution in [3.8, 4) is 0 Å². The molecule has 0 unspecified atom stereocenters. The molecule has 0 aliphatic carbocycles. The second-order valence-corrected chi connectivity index (χ2v) is 6.29. The van der Waals surface area contributed by atoms with Gasteiger partial charge in [0.05, 0.1) is 6.42 Å². The zero-order valence-corrected chi connectivity index (χ0v) is 13.7. The number of carbonyl (C=O) groups excluding carboxylic acids is 1. The van der Waals surface area contributed by atoms with Crippen molar-refractivity contribution in [1.82, 2.24) is 10.2 Å². The van der Waals surface area contributed by atoms with Crippen LogP contribution in [0.15, 0.2) is 28.7 Å². The van der Waals surface area contributed by atoms with Crippen molar-refractivity contribution in [2.24, 2.45) is 0 Å². The van der Waals surface area contributed by atoms with Gasteiger partial charge in [-0.15, -0.1) is 0 Å². The standard InChI is InChI=1S/C16H23BrN2O/c1-2-11-19(15-7-9-18-10-8-15)16(20)12-13-3-5-14(17)6-4-13/h3-6,15,18H,2,7-12H2,1H3. The van der Waals surface area contributed by atoms with E-state index in [-0.39, 0.29) is 5.91 Å². The van der Waals surface area contributed by atoms with Gasteiger partial charge in [0.15, 0.2) is 0 Å². The highest BCUT2D eigenvalue weighted by molar-refractivity contribution is 9.10. The normalized spacial score (nSPS) is 16.1. The number of benzene rings is 1. The van der Waals surface area contributed by atoms with E-state index >= 15 is 0 Å². The number of halogens is 1. The molecule has 0 saturated carbocycles. The summed E-state index contributed by atoms with van der Waals surface area (Å²) in [4.78, 5) is 14.7. The minimum absolute atomic E-state index is 0.265. The van der Waals surface area contributed by atoms with Gasteiger partial charge in [-0.1, -0.05) is 35.0 Å². The Bertz CT molecular complexity index is 427. The number of carbonyl (C=O) groups is 1. The monoisotopic (exact) mass is 338 g/mol. The highest BCUT2D eigenvalue weighted by Crippen LogP contribution is 2.16. The van der Waals surface area contributed by atoms with Crippen molar-refractivity contribution in [1.29, 1.82) is 0 Å². The number of nitrogens with one attached hydrogen (secondary N) is 1. The van der Waals surface area contributed by atoms with Gasteiger partial charge in [-0.3, -0.25) is 4.79 Å². The largest absolute Gasteiger partial charge is 0.339 e. The Morgan fingerprint density at radius 2 is 1.95 bits per heavy atom. The summed E-state index contributed by atoms with van der Waals surface area (Å²) in [5, 5.41) is 3.36. The van der Waals surface area contributed by atoms with Crippen molar-refractivity contribution in [3.05, 3.63) is 34.3 Å². The molecular weight excluding hydrogens is 316 g/mol. The fraction of sp³-hybridized carbons (Fsp3) is 0.562. The molecule has 1 amide bonds. The molecule has 1 aliphatic heterocycles. The van der Waals surface area contributed by atoms with Crippen LogP contribution in [-0.2, 0) is 11.2 Å². The first-order valence-electron chi connectivity index (χ1n) is 7.45. The zero-order chi connectivity index (χ0) is 14.4. The van der Waals surface area contributed by atoms with Gasteiger partial charge < -0.3 is 10.2 Å². The lowest BCUT2D eigenvalue weighted by atomic mass is 10.0. The minimum atomic E-state index is 0.265. The minimum Gasteiger partial charge on any atom is -0.339 e. The Labute approximate surface area is 129 Å². The number of amides is 1. The van der Waals surface area contributed by atoms with Crippen molar-refractivity contribution in [2.45, 2.75) is 38.6 Å². The highest BCUT2D eigenvalue weighted by Gasteiger charge is 2.24. The topological polar surface area (TPSA) is 32.3 Å². The molecule has 0 spiro atoms. The Balaban J connectivity index is 2.00. The van der Waals surface area contributed by atoms with Crippen LogP contribution in [0.5, 0.6) is 0 Å². The summed E-state index contributed by atoms with van der Waals surface area (Å²) in [5.74, 6) is 0.265. The van der Waals surface area contributed by atoms with Crippen LogP contribution in [0.4, 0.5) is 0 Å². The summed E-state index contributed by atoms with van der Waals surface area (Å²) in [7, 11) is 0. The molecule has 0 radical (unpaired) electrons. The van der Waals surface area contributed by atoms with E-state index in [2.05, 4.69) is 33.1 Å². The first-order chi connectivity index (χ1) is 9.70. The van der Waals surface area contributed by atoms with E-state index in [9.17, 15) is 4.79 Å². The van der Waals surface area contributed by atoms with E-state index in [0.29, 0.717) is 12.5 Å². The van der Waals surface area contributed by atoms with E-state index in [4.69, 9.17) is 0 Å². The van der Waals surface area contributed by atoms with E-state index in [1.807, 2.05) is 24.3 Å². The molecule has 1 saturated heterocycles. The van der Waals surface area contributed by atoms with Crippen LogP contribution in [-0.4, -0.2) is 36.5 Å². The van der Waals surface area contributed by atoms with Crippen molar-refractivity contribution >= 4 is 21.8 Å². The first-order valence-corrected chi connectivity index (χ1v) is 8.24. The number of hydrogen-bond acceptors (Lipinski definition) is 2. The molecular formula is C16H23BrN2O. The average molecular weight is 339 g/mol. The number of rotatable bonds is 5. The Morgan fingerprint density at radius 1 is 1.30 bits per heavy atom. The van der Waals surface area contributed by atoms with Crippen molar-refractivity contribution in [2.75, 3.05) is 19.6 Å². The van der Waals surface area contributed by atoms with Gasteiger partial charge in [0, 0.05) is 17.1 Å². The lowest BCUT2D eigenvalue weighted by Gasteiger charge is -2.34. The molecule has 1 aromatic rings. The second-order valence-electron chi connectivity index (χ2n) is 5.37. The molecule has 0 aromatic heterocycles. The summed E-state index contributed by atoms with van der Waals surface area (Å²) in [6.45, 7) is 5.06. The maximum absolute atomic E-state index is 12.6. The lowest BCUT2D eigenvalue weighted by molar-refractivity contribution is -0.133. The molecule has 2 rings (SSSR count). The van der Waals surface area contributed by atoms with Crippen molar-refractivity contribution in [3.63, 3.8) is 0 Å². The van der Waals surface area contributed by atoms with E-state index in [0.717, 1.165) is 48.9 Å². The van der Waals surface area contributed by atoms with E-state index in [1.54, 1.807) is 0 Å². The van der Waals surface area contributed by atoms with Gasteiger partial charge in [-0.05, 0) is 50.0 Å². The number of nitrogens with zero attached hydrogens (tertiary/aromatic N) is 1. The summed E-state index contributed by atoms with van der Waals surface area (Å²) < 4.78 is 1.05. The lowest BCUT2D eigenvalue weighted by Crippen LogP contribution is -2.47. The molecule has 1 aliphatic rings. The quantitative estimate of drug-likeness (QED) is 0.895. The highest BCUT2D eigenvalue weighted by atomic mass is 79.9. The molecule has 1 fully saturated rings. The van der Waals surface area contributed by atoms with Crippen LogP contribution in [0.2, 0.25) is 0 Å². The molecule has 20 heavy (non-hydrogen) atoms. The van der Waals surface area contributed by atoms with Gasteiger partial charge in [0.1, 0.15) is 0 Å². The number of hydrogen-bond donors (Lipinski definition) is 1. The molecule has 3 nitrogen and oxygen atoms in total.